The molecule has 0 heterocycles. The molecule has 2 aromatic carbocycles. The van der Waals surface area contributed by atoms with Gasteiger partial charge in [0, 0.05) is 3.57 Å². The molecule has 110 valence electrons. The van der Waals surface area contributed by atoms with Crippen molar-refractivity contribution in [2.75, 3.05) is 6.61 Å². The summed E-state index contributed by atoms with van der Waals surface area (Å²) in [5.74, 6) is 5.10. The molecule has 0 bridgehead atoms. The Morgan fingerprint density at radius 1 is 1.05 bits per heavy atom. The minimum absolute atomic E-state index is 0.128. The van der Waals surface area contributed by atoms with Gasteiger partial charge < -0.3 is 9.57 Å². The molecule has 0 atom stereocenters. The normalized spacial score (nSPS) is 10.2. The van der Waals surface area contributed by atoms with E-state index >= 15 is 0 Å². The highest BCUT2D eigenvalue weighted by Crippen LogP contribution is 2.23. The Kier molecular flexibility index (Phi) is 5.97. The molecule has 0 radical (unpaired) electrons. The van der Waals surface area contributed by atoms with E-state index < -0.39 is 5.97 Å². The number of rotatable bonds is 6. The van der Waals surface area contributed by atoms with Gasteiger partial charge in [-0.15, -0.1) is 0 Å². The van der Waals surface area contributed by atoms with E-state index in [9.17, 15) is 4.79 Å². The summed E-state index contributed by atoms with van der Waals surface area (Å²) in [6, 6.07) is 16.0. The lowest BCUT2D eigenvalue weighted by Crippen LogP contribution is -2.26. The Bertz CT molecular complexity index is 585. The third-order valence-corrected chi connectivity index (χ3v) is 3.50. The van der Waals surface area contributed by atoms with Gasteiger partial charge in [-0.25, -0.2) is 5.84 Å². The largest absolute Gasteiger partial charge is 0.493 e. The molecule has 0 unspecified atom stereocenters. The SMILES string of the molecule is NNOC(=O)CCOc1ccc(-c2ccc(I)cc2)cc1. The Hall–Kier alpha value is -1.64. The number of hydrogen-bond donors (Lipinski definition) is 2. The maximum atomic E-state index is 11.1. The highest BCUT2D eigenvalue weighted by molar-refractivity contribution is 14.1. The van der Waals surface area contributed by atoms with Crippen LogP contribution < -0.4 is 16.2 Å². The first-order valence-corrected chi connectivity index (χ1v) is 7.41. The van der Waals surface area contributed by atoms with Gasteiger partial charge in [0.15, 0.2) is 0 Å². The summed E-state index contributed by atoms with van der Waals surface area (Å²) < 4.78 is 6.67. The quantitative estimate of drug-likeness (QED) is 0.445. The lowest BCUT2D eigenvalue weighted by Gasteiger charge is -2.07. The summed E-state index contributed by atoms with van der Waals surface area (Å²) in [7, 11) is 0. The highest BCUT2D eigenvalue weighted by Gasteiger charge is 2.03. The van der Waals surface area contributed by atoms with Gasteiger partial charge in [0.1, 0.15) is 5.75 Å². The summed E-state index contributed by atoms with van der Waals surface area (Å²) in [6.07, 6.45) is 0.128. The van der Waals surface area contributed by atoms with Crippen molar-refractivity contribution in [1.29, 1.82) is 0 Å². The second-order valence-electron chi connectivity index (χ2n) is 4.22. The van der Waals surface area contributed by atoms with Crippen molar-refractivity contribution >= 4 is 28.6 Å². The monoisotopic (exact) mass is 398 g/mol. The number of nitrogens with two attached hydrogens (primary N) is 1. The number of nitrogens with one attached hydrogen (secondary N) is 1. The van der Waals surface area contributed by atoms with E-state index in [1.807, 2.05) is 29.9 Å². The Morgan fingerprint density at radius 3 is 2.19 bits per heavy atom. The topological polar surface area (TPSA) is 73.6 Å². The zero-order valence-corrected chi connectivity index (χ0v) is 13.4. The number of hydrogen-bond acceptors (Lipinski definition) is 5. The van der Waals surface area contributed by atoms with E-state index in [0.717, 1.165) is 11.1 Å². The van der Waals surface area contributed by atoms with Crippen LogP contribution in [0, 0.1) is 3.57 Å². The van der Waals surface area contributed by atoms with Crippen molar-refractivity contribution in [3.05, 3.63) is 52.1 Å². The Morgan fingerprint density at radius 2 is 1.62 bits per heavy atom. The van der Waals surface area contributed by atoms with Crippen LogP contribution in [0.3, 0.4) is 0 Å². The molecule has 5 nitrogen and oxygen atoms in total. The zero-order chi connectivity index (χ0) is 15.1. The molecule has 0 amide bonds. The van der Waals surface area contributed by atoms with Crippen molar-refractivity contribution in [1.82, 2.24) is 5.59 Å². The lowest BCUT2D eigenvalue weighted by molar-refractivity contribution is -0.151. The van der Waals surface area contributed by atoms with Crippen LogP contribution >= 0.6 is 22.6 Å². The molecule has 2 aromatic rings. The van der Waals surface area contributed by atoms with Gasteiger partial charge in [-0.05, 0) is 58.0 Å². The molecule has 0 spiro atoms. The smallest absolute Gasteiger partial charge is 0.329 e. The second kappa shape index (κ2) is 7.96. The molecular formula is C15H15IN2O3. The van der Waals surface area contributed by atoms with E-state index in [4.69, 9.17) is 10.6 Å². The van der Waals surface area contributed by atoms with Crippen molar-refractivity contribution in [3.63, 3.8) is 0 Å². The van der Waals surface area contributed by atoms with Crippen LogP contribution in [-0.2, 0) is 9.63 Å². The number of carbonyl (C=O) groups excluding carboxylic acids is 1. The van der Waals surface area contributed by atoms with Crippen LogP contribution in [0.4, 0.5) is 0 Å². The number of hydrazine groups is 1. The molecule has 0 saturated heterocycles. The van der Waals surface area contributed by atoms with Gasteiger partial charge in [0.05, 0.1) is 13.0 Å². The zero-order valence-electron chi connectivity index (χ0n) is 11.2. The lowest BCUT2D eigenvalue weighted by atomic mass is 10.1. The predicted octanol–water partition coefficient (Wildman–Crippen LogP) is 2.65. The molecule has 0 saturated carbocycles. The first-order valence-electron chi connectivity index (χ1n) is 6.33. The Balaban J connectivity index is 1.90. The van der Waals surface area contributed by atoms with Gasteiger partial charge in [0.2, 0.25) is 0 Å². The van der Waals surface area contributed by atoms with Gasteiger partial charge in [-0.2, -0.15) is 0 Å². The average molecular weight is 398 g/mol. The Labute approximate surface area is 136 Å². The average Bonchev–Trinajstić information content (AvgIpc) is 2.49. The van der Waals surface area contributed by atoms with Crippen molar-refractivity contribution < 1.29 is 14.4 Å². The van der Waals surface area contributed by atoms with Crippen LogP contribution in [0.1, 0.15) is 6.42 Å². The molecule has 2 rings (SSSR count). The fourth-order valence-corrected chi connectivity index (χ4v) is 2.11. The van der Waals surface area contributed by atoms with Crippen LogP contribution in [0.2, 0.25) is 0 Å². The van der Waals surface area contributed by atoms with Crippen molar-refractivity contribution in [3.8, 4) is 16.9 Å². The molecular weight excluding hydrogens is 383 g/mol. The highest BCUT2D eigenvalue weighted by atomic mass is 127. The maximum absolute atomic E-state index is 11.1. The van der Waals surface area contributed by atoms with E-state index in [1.165, 1.54) is 3.57 Å². The van der Waals surface area contributed by atoms with E-state index in [-0.39, 0.29) is 13.0 Å². The molecule has 3 N–H and O–H groups in total. The summed E-state index contributed by atoms with van der Waals surface area (Å²) in [5.41, 5.74) is 4.11. The summed E-state index contributed by atoms with van der Waals surface area (Å²) in [5, 5.41) is 0. The number of halogens is 1. The second-order valence-corrected chi connectivity index (χ2v) is 5.47. The summed E-state index contributed by atoms with van der Waals surface area (Å²) in [4.78, 5) is 15.4. The van der Waals surface area contributed by atoms with Crippen LogP contribution in [0.5, 0.6) is 5.75 Å². The minimum Gasteiger partial charge on any atom is -0.493 e. The third kappa shape index (κ3) is 5.00. The van der Waals surface area contributed by atoms with Crippen LogP contribution in [0.25, 0.3) is 11.1 Å². The summed E-state index contributed by atoms with van der Waals surface area (Å²) >= 11 is 2.28. The molecule has 0 aliphatic carbocycles. The molecule has 0 aromatic heterocycles. The maximum Gasteiger partial charge on any atom is 0.329 e. The van der Waals surface area contributed by atoms with E-state index in [1.54, 1.807) is 0 Å². The van der Waals surface area contributed by atoms with E-state index in [0.29, 0.717) is 5.75 Å². The molecule has 0 aliphatic heterocycles. The third-order valence-electron chi connectivity index (χ3n) is 2.78. The van der Waals surface area contributed by atoms with Gasteiger partial charge in [0.25, 0.3) is 0 Å². The van der Waals surface area contributed by atoms with Crippen LogP contribution in [0.15, 0.2) is 48.5 Å². The fraction of sp³-hybridized carbons (Fsp3) is 0.133. The van der Waals surface area contributed by atoms with Gasteiger partial charge >= 0.3 is 5.97 Å². The summed E-state index contributed by atoms with van der Waals surface area (Å²) in [6.45, 7) is 0.239. The molecule has 21 heavy (non-hydrogen) atoms. The molecule has 0 fully saturated rings. The van der Waals surface area contributed by atoms with Crippen molar-refractivity contribution in [2.45, 2.75) is 6.42 Å². The first-order chi connectivity index (χ1) is 10.2. The standard InChI is InChI=1S/C15H15IN2O3/c16-13-5-1-11(2-6-13)12-3-7-14(8-4-12)20-10-9-15(19)21-18-17/h1-8,18H,9-10,17H2. The van der Waals surface area contributed by atoms with Gasteiger partial charge in [-0.1, -0.05) is 29.9 Å². The number of benzene rings is 2. The first kappa shape index (κ1) is 15.7. The number of ether oxygens (including phenoxy) is 1. The van der Waals surface area contributed by atoms with Crippen molar-refractivity contribution in [2.24, 2.45) is 5.84 Å². The fourth-order valence-electron chi connectivity index (χ4n) is 1.75. The van der Waals surface area contributed by atoms with Crippen LogP contribution in [-0.4, -0.2) is 12.6 Å². The number of carbonyl (C=O) groups is 1. The minimum atomic E-state index is -0.465. The van der Waals surface area contributed by atoms with E-state index in [2.05, 4.69) is 51.7 Å². The van der Waals surface area contributed by atoms with Gasteiger partial charge in [-0.3, -0.25) is 4.79 Å². The molecule has 0 aliphatic rings. The predicted molar refractivity (Wildman–Crippen MR) is 88.1 cm³/mol. The molecule has 6 heteroatoms.